The topological polar surface area (TPSA) is 55.6 Å². The van der Waals surface area contributed by atoms with Crippen LogP contribution in [0.3, 0.4) is 0 Å². The van der Waals surface area contributed by atoms with Crippen molar-refractivity contribution in [3.63, 3.8) is 0 Å². The summed E-state index contributed by atoms with van der Waals surface area (Å²) in [5, 5.41) is 0. The molecule has 98 valence electrons. The number of rotatable bonds is 4. The maximum Gasteiger partial charge on any atom is 0.247 e. The van der Waals surface area contributed by atoms with Crippen molar-refractivity contribution in [3.05, 3.63) is 35.9 Å². The van der Waals surface area contributed by atoms with E-state index < -0.39 is 6.10 Å². The third kappa shape index (κ3) is 3.31. The van der Waals surface area contributed by atoms with Gasteiger partial charge in [-0.25, -0.2) is 0 Å². The average molecular weight is 248 g/mol. The molecule has 2 N–H and O–H groups in total. The van der Waals surface area contributed by atoms with E-state index in [0.29, 0.717) is 19.1 Å². The number of hydrogen-bond acceptors (Lipinski definition) is 3. The predicted octanol–water partition coefficient (Wildman–Crippen LogP) is 0.976. The van der Waals surface area contributed by atoms with Crippen LogP contribution in [0.25, 0.3) is 0 Å². The maximum absolute atomic E-state index is 11.1. The second-order valence-corrected chi connectivity index (χ2v) is 4.83. The van der Waals surface area contributed by atoms with Crippen molar-refractivity contribution in [1.82, 2.24) is 4.90 Å². The molecule has 0 saturated carbocycles. The molecule has 2 unspecified atom stereocenters. The van der Waals surface area contributed by atoms with E-state index in [9.17, 15) is 4.79 Å². The quantitative estimate of drug-likeness (QED) is 0.864. The van der Waals surface area contributed by atoms with Crippen LogP contribution in [0.5, 0.6) is 0 Å². The lowest BCUT2D eigenvalue weighted by Gasteiger charge is -2.33. The van der Waals surface area contributed by atoms with E-state index in [0.717, 1.165) is 13.1 Å². The lowest BCUT2D eigenvalue weighted by molar-refractivity contribution is -0.135. The molecule has 1 heterocycles. The lowest BCUT2D eigenvalue weighted by Crippen LogP contribution is -2.49. The molecular formula is C14H20N2O2. The molecule has 1 amide bonds. The van der Waals surface area contributed by atoms with E-state index in [1.165, 1.54) is 5.56 Å². The molecule has 1 aromatic carbocycles. The first-order valence-electron chi connectivity index (χ1n) is 6.35. The summed E-state index contributed by atoms with van der Waals surface area (Å²) in [6, 6.07) is 10.4. The van der Waals surface area contributed by atoms with Crippen molar-refractivity contribution in [1.29, 1.82) is 0 Å². The molecule has 1 aliphatic heterocycles. The SMILES string of the molecule is CC(CN1CCOC(C(N)=O)C1)c1ccccc1. The Kier molecular flexibility index (Phi) is 4.33. The minimum atomic E-state index is -0.457. The third-order valence-corrected chi connectivity index (χ3v) is 3.37. The highest BCUT2D eigenvalue weighted by Gasteiger charge is 2.25. The van der Waals surface area contributed by atoms with Crippen LogP contribution in [0.4, 0.5) is 0 Å². The molecule has 0 spiro atoms. The summed E-state index contributed by atoms with van der Waals surface area (Å²) in [6.45, 7) is 5.17. The zero-order valence-electron chi connectivity index (χ0n) is 10.7. The van der Waals surface area contributed by atoms with Gasteiger partial charge in [-0.2, -0.15) is 0 Å². The molecule has 1 saturated heterocycles. The summed E-state index contributed by atoms with van der Waals surface area (Å²) in [4.78, 5) is 13.4. The number of morpholine rings is 1. The zero-order chi connectivity index (χ0) is 13.0. The Morgan fingerprint density at radius 3 is 2.89 bits per heavy atom. The van der Waals surface area contributed by atoms with E-state index in [4.69, 9.17) is 10.5 Å². The van der Waals surface area contributed by atoms with Gasteiger partial charge in [0.2, 0.25) is 5.91 Å². The summed E-state index contributed by atoms with van der Waals surface area (Å²) in [5.41, 5.74) is 6.60. The van der Waals surface area contributed by atoms with Gasteiger partial charge in [0.25, 0.3) is 0 Å². The number of ether oxygens (including phenoxy) is 1. The fourth-order valence-electron chi connectivity index (χ4n) is 2.31. The average Bonchev–Trinajstić information content (AvgIpc) is 2.40. The summed E-state index contributed by atoms with van der Waals surface area (Å²) < 4.78 is 5.34. The summed E-state index contributed by atoms with van der Waals surface area (Å²) in [6.07, 6.45) is -0.457. The molecule has 1 fully saturated rings. The summed E-state index contributed by atoms with van der Waals surface area (Å²) in [7, 11) is 0. The van der Waals surface area contributed by atoms with Gasteiger partial charge in [-0.3, -0.25) is 9.69 Å². The van der Waals surface area contributed by atoms with Gasteiger partial charge >= 0.3 is 0 Å². The van der Waals surface area contributed by atoms with Crippen LogP contribution in [0.15, 0.2) is 30.3 Å². The number of hydrogen-bond donors (Lipinski definition) is 1. The monoisotopic (exact) mass is 248 g/mol. The Morgan fingerprint density at radius 2 is 2.22 bits per heavy atom. The van der Waals surface area contributed by atoms with E-state index >= 15 is 0 Å². The lowest BCUT2D eigenvalue weighted by atomic mass is 10.0. The third-order valence-electron chi connectivity index (χ3n) is 3.37. The molecule has 0 radical (unpaired) electrons. The van der Waals surface area contributed by atoms with Gasteiger partial charge in [0.1, 0.15) is 6.10 Å². The fraction of sp³-hybridized carbons (Fsp3) is 0.500. The first kappa shape index (κ1) is 13.1. The molecule has 18 heavy (non-hydrogen) atoms. The van der Waals surface area contributed by atoms with Crippen molar-refractivity contribution in [2.24, 2.45) is 5.73 Å². The molecule has 0 aliphatic carbocycles. The number of benzene rings is 1. The predicted molar refractivity (Wildman–Crippen MR) is 70.2 cm³/mol. The Morgan fingerprint density at radius 1 is 1.50 bits per heavy atom. The number of amides is 1. The second kappa shape index (κ2) is 5.98. The van der Waals surface area contributed by atoms with Crippen molar-refractivity contribution in [2.75, 3.05) is 26.2 Å². The van der Waals surface area contributed by atoms with Gasteiger partial charge in [-0.1, -0.05) is 37.3 Å². The van der Waals surface area contributed by atoms with Crippen LogP contribution in [-0.4, -0.2) is 43.2 Å². The molecule has 0 bridgehead atoms. The Hall–Kier alpha value is -1.39. The highest BCUT2D eigenvalue weighted by atomic mass is 16.5. The van der Waals surface area contributed by atoms with Crippen LogP contribution in [0, 0.1) is 0 Å². The van der Waals surface area contributed by atoms with Gasteiger partial charge in [0.05, 0.1) is 6.61 Å². The number of carbonyl (C=O) groups is 1. The van der Waals surface area contributed by atoms with Crippen LogP contribution < -0.4 is 5.73 Å². The van der Waals surface area contributed by atoms with Gasteiger partial charge in [-0.05, 0) is 11.5 Å². The Bertz CT molecular complexity index is 394. The minimum Gasteiger partial charge on any atom is -0.367 e. The van der Waals surface area contributed by atoms with E-state index in [2.05, 4.69) is 36.1 Å². The largest absolute Gasteiger partial charge is 0.367 e. The highest BCUT2D eigenvalue weighted by Crippen LogP contribution is 2.17. The second-order valence-electron chi connectivity index (χ2n) is 4.83. The highest BCUT2D eigenvalue weighted by molar-refractivity contribution is 5.79. The Labute approximate surface area is 108 Å². The zero-order valence-corrected chi connectivity index (χ0v) is 10.7. The van der Waals surface area contributed by atoms with Crippen LogP contribution in [-0.2, 0) is 9.53 Å². The maximum atomic E-state index is 11.1. The van der Waals surface area contributed by atoms with E-state index in [-0.39, 0.29) is 5.91 Å². The fourth-order valence-corrected chi connectivity index (χ4v) is 2.31. The standard InChI is InChI=1S/C14H20N2O2/c1-11(12-5-3-2-4-6-12)9-16-7-8-18-13(10-16)14(15)17/h2-6,11,13H,7-10H2,1H3,(H2,15,17). The smallest absolute Gasteiger partial charge is 0.247 e. The van der Waals surface area contributed by atoms with Crippen molar-refractivity contribution in [3.8, 4) is 0 Å². The number of nitrogens with zero attached hydrogens (tertiary/aromatic N) is 1. The minimum absolute atomic E-state index is 0.368. The van der Waals surface area contributed by atoms with Crippen LogP contribution >= 0.6 is 0 Å². The van der Waals surface area contributed by atoms with Crippen molar-refractivity contribution >= 4 is 5.91 Å². The van der Waals surface area contributed by atoms with Gasteiger partial charge in [0, 0.05) is 19.6 Å². The van der Waals surface area contributed by atoms with Crippen molar-refractivity contribution < 1.29 is 9.53 Å². The first-order chi connectivity index (χ1) is 8.66. The molecule has 2 rings (SSSR count). The first-order valence-corrected chi connectivity index (χ1v) is 6.35. The van der Waals surface area contributed by atoms with E-state index in [1.54, 1.807) is 0 Å². The molecule has 4 heteroatoms. The van der Waals surface area contributed by atoms with Crippen LogP contribution in [0.2, 0.25) is 0 Å². The molecule has 2 atom stereocenters. The summed E-state index contributed by atoms with van der Waals surface area (Å²) in [5.74, 6) is 0.0740. The van der Waals surface area contributed by atoms with Crippen LogP contribution in [0.1, 0.15) is 18.4 Å². The Balaban J connectivity index is 1.91. The normalized spacial score (nSPS) is 22.6. The summed E-state index contributed by atoms with van der Waals surface area (Å²) >= 11 is 0. The van der Waals surface area contributed by atoms with Crippen molar-refractivity contribution in [2.45, 2.75) is 18.9 Å². The molecular weight excluding hydrogens is 228 g/mol. The molecule has 1 aromatic rings. The van der Waals surface area contributed by atoms with Gasteiger partial charge in [-0.15, -0.1) is 0 Å². The number of primary amides is 1. The number of nitrogens with two attached hydrogens (primary N) is 1. The molecule has 0 aromatic heterocycles. The number of carbonyl (C=O) groups excluding carboxylic acids is 1. The molecule has 1 aliphatic rings. The molecule has 4 nitrogen and oxygen atoms in total. The van der Waals surface area contributed by atoms with E-state index in [1.807, 2.05) is 6.07 Å². The van der Waals surface area contributed by atoms with Gasteiger partial charge in [0.15, 0.2) is 0 Å². The van der Waals surface area contributed by atoms with Gasteiger partial charge < -0.3 is 10.5 Å².